The molecule has 0 amide bonds. The quantitative estimate of drug-likeness (QED) is 0.111. The molecule has 9 heteroatoms. The zero-order valence-electron chi connectivity index (χ0n) is 27.1. The minimum atomic E-state index is -2.29. The molecule has 0 fully saturated rings. The number of carbonyl (C=O) groups is 3. The molecule has 1 rings (SSSR count). The van der Waals surface area contributed by atoms with Crippen LogP contribution >= 0.6 is 0 Å². The van der Waals surface area contributed by atoms with Crippen molar-refractivity contribution in [3.8, 4) is 0 Å². The van der Waals surface area contributed by atoms with E-state index in [1.807, 2.05) is 13.0 Å². The molecule has 1 heterocycles. The molecule has 6 atom stereocenters. The number of carbonyl (C=O) groups excluding carboxylic acids is 3. The van der Waals surface area contributed by atoms with Gasteiger partial charge in [-0.15, -0.1) is 0 Å². The number of ketones is 1. The maximum Gasteiger partial charge on any atom is 0.314 e. The monoisotopic (exact) mass is 584 g/mol. The Hall–Kier alpha value is -1.14. The largest absolute Gasteiger partial charge is 0.454 e. The molecule has 0 aromatic heterocycles. The molecule has 0 saturated carbocycles. The predicted octanol–water partition coefficient (Wildman–Crippen LogP) is 6.86. The predicted molar refractivity (Wildman–Crippen MR) is 162 cm³/mol. The van der Waals surface area contributed by atoms with Crippen LogP contribution in [0.5, 0.6) is 0 Å². The third-order valence-corrected chi connectivity index (χ3v) is 18.1. The van der Waals surface area contributed by atoms with Gasteiger partial charge in [-0.3, -0.25) is 14.4 Å². The topological polar surface area (TPSA) is 88.1 Å². The van der Waals surface area contributed by atoms with Crippen molar-refractivity contribution in [1.82, 2.24) is 0 Å². The minimum absolute atomic E-state index is 0.0214. The van der Waals surface area contributed by atoms with Gasteiger partial charge in [-0.25, -0.2) is 0 Å². The summed E-state index contributed by atoms with van der Waals surface area (Å²) in [4.78, 5) is 37.5. The second-order valence-corrected chi connectivity index (χ2v) is 24.0. The Kier molecular flexibility index (Phi) is 12.6. The van der Waals surface area contributed by atoms with Gasteiger partial charge in [-0.2, -0.15) is 0 Å². The maximum absolute atomic E-state index is 13.2. The smallest absolute Gasteiger partial charge is 0.314 e. The summed E-state index contributed by atoms with van der Waals surface area (Å²) in [5.74, 6) is -1.17. The zero-order chi connectivity index (χ0) is 30.6. The number of rotatable bonds is 6. The van der Waals surface area contributed by atoms with Crippen LogP contribution in [-0.4, -0.2) is 66.2 Å². The number of Topliss-reactive ketones (excluding diaryl/α,β-unsaturated/α-hetero) is 1. The highest BCUT2D eigenvalue weighted by molar-refractivity contribution is 6.74. The van der Waals surface area contributed by atoms with Crippen molar-refractivity contribution < 1.29 is 32.7 Å². The lowest BCUT2D eigenvalue weighted by Gasteiger charge is -2.47. The number of hydrogen-bond acceptors (Lipinski definition) is 7. The van der Waals surface area contributed by atoms with Gasteiger partial charge < -0.3 is 18.3 Å². The second-order valence-electron chi connectivity index (χ2n) is 14.5. The fraction of sp³-hybridized carbons (Fsp3) is 0.833. The molecule has 0 saturated heterocycles. The molecule has 0 aromatic carbocycles. The van der Waals surface area contributed by atoms with Gasteiger partial charge in [-0.05, 0) is 43.2 Å². The highest BCUT2D eigenvalue weighted by Gasteiger charge is 2.47. The summed E-state index contributed by atoms with van der Waals surface area (Å²) in [7, 11) is -2.86. The molecule has 0 aliphatic carbocycles. The molecule has 1 unspecified atom stereocenters. The van der Waals surface area contributed by atoms with E-state index in [4.69, 9.17) is 18.3 Å². The number of esters is 1. The minimum Gasteiger partial charge on any atom is -0.454 e. The van der Waals surface area contributed by atoms with E-state index < -0.39 is 34.8 Å². The summed E-state index contributed by atoms with van der Waals surface area (Å²) in [6.45, 7) is 28.1. The summed E-state index contributed by atoms with van der Waals surface area (Å²) in [5, 5.41) is -0.0896. The van der Waals surface area contributed by atoms with Crippen molar-refractivity contribution >= 4 is 34.7 Å². The number of ether oxygens (including phenoxy) is 2. The van der Waals surface area contributed by atoms with Crippen molar-refractivity contribution in [2.45, 2.75) is 142 Å². The Labute approximate surface area is 240 Å². The van der Waals surface area contributed by atoms with Crippen LogP contribution in [0, 0.1) is 11.8 Å². The van der Waals surface area contributed by atoms with E-state index in [2.05, 4.69) is 81.6 Å². The lowest BCUT2D eigenvalue weighted by molar-refractivity contribution is -0.153. The average molecular weight is 585 g/mol. The molecule has 1 aliphatic heterocycles. The molecular formula is C30H56O7Si2. The van der Waals surface area contributed by atoms with Crippen LogP contribution < -0.4 is 0 Å². The zero-order valence-corrected chi connectivity index (χ0v) is 29.1. The van der Waals surface area contributed by atoms with Crippen LogP contribution in [0.4, 0.5) is 0 Å². The van der Waals surface area contributed by atoms with E-state index in [-0.39, 0.29) is 59.2 Å². The van der Waals surface area contributed by atoms with Crippen LogP contribution in [-0.2, 0) is 32.7 Å². The first-order valence-corrected chi connectivity index (χ1v) is 20.1. The Morgan fingerprint density at radius 3 is 1.87 bits per heavy atom. The molecule has 7 nitrogen and oxygen atoms in total. The van der Waals surface area contributed by atoms with Gasteiger partial charge in [-0.1, -0.05) is 67.0 Å². The Morgan fingerprint density at radius 2 is 1.41 bits per heavy atom. The van der Waals surface area contributed by atoms with E-state index in [0.29, 0.717) is 6.29 Å². The fourth-order valence-corrected chi connectivity index (χ4v) is 7.26. The SMILES string of the molecule is CO[C@@H]1/C=C(\C)C[C@H](C=O)OC(=O)CC(=O)C[C@H](O[Si](C)(C)C(C)(C)C)[C@@H](C)C(O[Si](C)(C)C(C)(C)C)[C@@H]1C. The third kappa shape index (κ3) is 10.0. The van der Waals surface area contributed by atoms with Crippen LogP contribution in [0.1, 0.15) is 81.6 Å². The maximum atomic E-state index is 13.2. The van der Waals surface area contributed by atoms with E-state index in [0.717, 1.165) is 5.57 Å². The molecule has 0 N–H and O–H groups in total. The summed E-state index contributed by atoms with van der Waals surface area (Å²) in [6, 6.07) is 0. The summed E-state index contributed by atoms with van der Waals surface area (Å²) in [6.07, 6.45) is 0.584. The van der Waals surface area contributed by atoms with Gasteiger partial charge in [0.15, 0.2) is 29.0 Å². The molecule has 0 radical (unpaired) electrons. The van der Waals surface area contributed by atoms with Crippen molar-refractivity contribution in [2.75, 3.05) is 7.11 Å². The number of cyclic esters (lactones) is 1. The van der Waals surface area contributed by atoms with Crippen molar-refractivity contribution in [3.63, 3.8) is 0 Å². The first-order valence-electron chi connectivity index (χ1n) is 14.3. The normalized spacial score (nSPS) is 30.7. The second kappa shape index (κ2) is 13.7. The van der Waals surface area contributed by atoms with E-state index in [1.54, 1.807) is 7.11 Å². The van der Waals surface area contributed by atoms with Gasteiger partial charge in [0.05, 0.1) is 18.3 Å². The van der Waals surface area contributed by atoms with Crippen LogP contribution in [0.3, 0.4) is 0 Å². The van der Waals surface area contributed by atoms with Crippen LogP contribution in [0.2, 0.25) is 36.3 Å². The van der Waals surface area contributed by atoms with Crippen molar-refractivity contribution in [1.29, 1.82) is 0 Å². The van der Waals surface area contributed by atoms with Crippen molar-refractivity contribution in [3.05, 3.63) is 11.6 Å². The summed E-state index contributed by atoms with van der Waals surface area (Å²) < 4.78 is 25.4. The first-order chi connectivity index (χ1) is 17.6. The highest BCUT2D eigenvalue weighted by Crippen LogP contribution is 2.43. The van der Waals surface area contributed by atoms with Crippen LogP contribution in [0.15, 0.2) is 11.6 Å². The lowest BCUT2D eigenvalue weighted by Crippen LogP contribution is -2.53. The van der Waals surface area contributed by atoms with E-state index in [9.17, 15) is 14.4 Å². The highest BCUT2D eigenvalue weighted by atomic mass is 28.4. The Morgan fingerprint density at radius 1 is 0.897 bits per heavy atom. The average Bonchev–Trinajstić information content (AvgIpc) is 2.76. The summed E-state index contributed by atoms with van der Waals surface area (Å²) in [5.41, 5.74) is 0.870. The Balaban J connectivity index is 3.75. The van der Waals surface area contributed by atoms with Crippen molar-refractivity contribution in [2.24, 2.45) is 11.8 Å². The van der Waals surface area contributed by atoms with Gasteiger partial charge in [0.25, 0.3) is 0 Å². The number of methoxy groups -OCH3 is 1. The van der Waals surface area contributed by atoms with Gasteiger partial charge in [0.2, 0.25) is 0 Å². The molecule has 226 valence electrons. The lowest BCUT2D eigenvalue weighted by atomic mass is 9.83. The van der Waals surface area contributed by atoms with E-state index >= 15 is 0 Å². The summed E-state index contributed by atoms with van der Waals surface area (Å²) >= 11 is 0. The molecule has 0 aromatic rings. The van der Waals surface area contributed by atoms with Crippen LogP contribution in [0.25, 0.3) is 0 Å². The molecule has 1 aliphatic rings. The van der Waals surface area contributed by atoms with Gasteiger partial charge >= 0.3 is 5.97 Å². The van der Waals surface area contributed by atoms with E-state index in [1.165, 1.54) is 0 Å². The molecule has 39 heavy (non-hydrogen) atoms. The standard InChI is InChI=1S/C30H56O7Si2/c1-20-15-24(19-31)35-27(33)18-23(32)17-26(36-38(11,12)29(4,5)6)22(3)28(21(2)25(16-20)34-10)37-39(13,14)30(7,8)9/h16,19,21-22,24-26,28H,15,17-18H2,1-14H3/b20-16+/t21-,22-,24-,25-,26+,28?/m1/s1. The number of aldehydes is 1. The van der Waals surface area contributed by atoms with Gasteiger partial charge in [0.1, 0.15) is 12.2 Å². The Bertz CT molecular complexity index is 883. The fourth-order valence-electron chi connectivity index (χ4n) is 4.38. The molecule has 0 spiro atoms. The molecule has 0 bridgehead atoms. The first kappa shape index (κ1) is 35.9. The number of hydrogen-bond donors (Lipinski definition) is 0. The molecular weight excluding hydrogens is 528 g/mol. The third-order valence-electron chi connectivity index (χ3n) is 9.08. The van der Waals surface area contributed by atoms with Gasteiger partial charge in [0, 0.05) is 31.8 Å².